The number of thiazole rings is 1. The molecule has 4 nitrogen and oxygen atoms in total. The predicted octanol–water partition coefficient (Wildman–Crippen LogP) is 3.22. The molecular weight excluding hydrogens is 268 g/mol. The maximum Gasteiger partial charge on any atom is 0.357 e. The van der Waals surface area contributed by atoms with Gasteiger partial charge >= 0.3 is 5.97 Å². The van der Waals surface area contributed by atoms with Gasteiger partial charge in [0.2, 0.25) is 0 Å². The van der Waals surface area contributed by atoms with Crippen LogP contribution < -0.4 is 5.32 Å². The van der Waals surface area contributed by atoms with E-state index in [1.807, 2.05) is 6.92 Å². The van der Waals surface area contributed by atoms with Gasteiger partial charge in [-0.1, -0.05) is 0 Å². The number of hydrogen-bond donors (Lipinski definition) is 1. The van der Waals surface area contributed by atoms with Gasteiger partial charge < -0.3 is 10.1 Å². The van der Waals surface area contributed by atoms with Gasteiger partial charge in [-0.15, -0.1) is 22.7 Å². The Bertz CT molecular complexity index is 560. The van der Waals surface area contributed by atoms with E-state index in [0.717, 1.165) is 16.6 Å². The summed E-state index contributed by atoms with van der Waals surface area (Å²) in [5.74, 6) is -0.385. The summed E-state index contributed by atoms with van der Waals surface area (Å²) in [6.07, 6.45) is 0. The van der Waals surface area contributed by atoms with Crippen molar-refractivity contribution in [3.05, 3.63) is 32.5 Å². The third-order valence-corrected chi connectivity index (χ3v) is 4.50. The first-order valence-corrected chi connectivity index (χ1v) is 7.14. The van der Waals surface area contributed by atoms with Gasteiger partial charge in [0.1, 0.15) is 0 Å². The van der Waals surface area contributed by atoms with Crippen LogP contribution in [0.15, 0.2) is 11.4 Å². The van der Waals surface area contributed by atoms with Gasteiger partial charge in [0.15, 0.2) is 10.8 Å². The van der Waals surface area contributed by atoms with E-state index >= 15 is 0 Å². The number of nitrogens with one attached hydrogen (secondary N) is 1. The molecular formula is C12H14N2O2S2. The Kier molecular flexibility index (Phi) is 3.98. The van der Waals surface area contributed by atoms with Gasteiger partial charge in [-0.25, -0.2) is 9.78 Å². The normalized spacial score (nSPS) is 10.4. The molecule has 0 aliphatic rings. The number of esters is 1. The topological polar surface area (TPSA) is 51.2 Å². The van der Waals surface area contributed by atoms with Crippen LogP contribution >= 0.6 is 22.7 Å². The first kappa shape index (κ1) is 13.0. The third-order valence-electron chi connectivity index (χ3n) is 2.54. The highest BCUT2D eigenvalue weighted by Gasteiger charge is 2.15. The molecule has 0 saturated heterocycles. The van der Waals surface area contributed by atoms with E-state index in [1.165, 1.54) is 28.9 Å². The van der Waals surface area contributed by atoms with Gasteiger partial charge in [-0.3, -0.25) is 0 Å². The van der Waals surface area contributed by atoms with Crippen LogP contribution in [0.2, 0.25) is 0 Å². The Labute approximate surface area is 114 Å². The van der Waals surface area contributed by atoms with E-state index in [1.54, 1.807) is 11.3 Å². The molecule has 0 aliphatic heterocycles. The molecule has 2 aromatic rings. The number of carbonyl (C=O) groups is 1. The van der Waals surface area contributed by atoms with Crippen LogP contribution in [-0.4, -0.2) is 18.1 Å². The summed E-state index contributed by atoms with van der Waals surface area (Å²) in [5, 5.41) is 6.06. The van der Waals surface area contributed by atoms with Crippen LogP contribution in [0.1, 0.15) is 25.8 Å². The molecule has 6 heteroatoms. The fourth-order valence-electron chi connectivity index (χ4n) is 1.50. The lowest BCUT2D eigenvalue weighted by Crippen LogP contribution is -2.04. The lowest BCUT2D eigenvalue weighted by Gasteiger charge is -2.01. The van der Waals surface area contributed by atoms with Crippen LogP contribution in [0, 0.1) is 13.8 Å². The molecule has 0 atom stereocenters. The second kappa shape index (κ2) is 5.49. The number of thiophene rings is 1. The fourth-order valence-corrected chi connectivity index (χ4v) is 3.14. The number of hydrogen-bond acceptors (Lipinski definition) is 6. The number of ether oxygens (including phenoxy) is 1. The molecule has 0 unspecified atom stereocenters. The predicted molar refractivity (Wildman–Crippen MR) is 74.6 cm³/mol. The van der Waals surface area contributed by atoms with E-state index in [2.05, 4.69) is 33.4 Å². The van der Waals surface area contributed by atoms with Crippen LogP contribution in [0.5, 0.6) is 0 Å². The fraction of sp³-hybridized carbons (Fsp3) is 0.333. The molecule has 2 aromatic heterocycles. The number of carbonyl (C=O) groups excluding carboxylic acids is 1. The highest BCUT2D eigenvalue weighted by Crippen LogP contribution is 2.24. The van der Waals surface area contributed by atoms with Crippen molar-refractivity contribution in [3.63, 3.8) is 0 Å². The summed E-state index contributed by atoms with van der Waals surface area (Å²) in [6.45, 7) is 4.68. The van der Waals surface area contributed by atoms with Crippen molar-refractivity contribution in [1.82, 2.24) is 4.98 Å². The van der Waals surface area contributed by atoms with E-state index in [9.17, 15) is 4.79 Å². The molecule has 18 heavy (non-hydrogen) atoms. The number of aromatic nitrogens is 1. The van der Waals surface area contributed by atoms with Crippen molar-refractivity contribution in [3.8, 4) is 0 Å². The zero-order valence-electron chi connectivity index (χ0n) is 10.4. The summed E-state index contributed by atoms with van der Waals surface area (Å²) in [4.78, 5) is 17.8. The van der Waals surface area contributed by atoms with E-state index < -0.39 is 0 Å². The van der Waals surface area contributed by atoms with Gasteiger partial charge in [0.25, 0.3) is 0 Å². The molecule has 0 aliphatic carbocycles. The second-order valence-electron chi connectivity index (χ2n) is 3.80. The minimum Gasteiger partial charge on any atom is -0.464 e. The Morgan fingerprint density at radius 3 is 2.89 bits per heavy atom. The summed E-state index contributed by atoms with van der Waals surface area (Å²) >= 11 is 3.18. The summed E-state index contributed by atoms with van der Waals surface area (Å²) < 4.78 is 4.68. The molecule has 0 radical (unpaired) electrons. The molecule has 2 rings (SSSR count). The van der Waals surface area contributed by atoms with Crippen molar-refractivity contribution in [2.24, 2.45) is 0 Å². The monoisotopic (exact) mass is 282 g/mol. The SMILES string of the molecule is COC(=O)c1nc(NCc2sccc2C)sc1C. The first-order valence-electron chi connectivity index (χ1n) is 5.44. The van der Waals surface area contributed by atoms with Gasteiger partial charge in [-0.05, 0) is 30.9 Å². The summed E-state index contributed by atoms with van der Waals surface area (Å²) in [6, 6.07) is 2.09. The standard InChI is InChI=1S/C12H14N2O2S2/c1-7-4-5-17-9(7)6-13-12-14-10(8(2)18-12)11(15)16-3/h4-5H,6H2,1-3H3,(H,13,14). The maximum atomic E-state index is 11.4. The Balaban J connectivity index is 2.07. The minimum absolute atomic E-state index is 0.385. The van der Waals surface area contributed by atoms with Crippen LogP contribution in [0.4, 0.5) is 5.13 Å². The molecule has 0 spiro atoms. The zero-order chi connectivity index (χ0) is 13.1. The highest BCUT2D eigenvalue weighted by molar-refractivity contribution is 7.15. The Morgan fingerprint density at radius 2 is 2.28 bits per heavy atom. The smallest absolute Gasteiger partial charge is 0.357 e. The molecule has 0 saturated carbocycles. The molecule has 1 N–H and O–H groups in total. The lowest BCUT2D eigenvalue weighted by molar-refractivity contribution is 0.0594. The lowest BCUT2D eigenvalue weighted by atomic mass is 10.3. The van der Waals surface area contributed by atoms with Crippen molar-refractivity contribution in [2.75, 3.05) is 12.4 Å². The number of methoxy groups -OCH3 is 1. The molecule has 0 amide bonds. The van der Waals surface area contributed by atoms with E-state index in [-0.39, 0.29) is 5.97 Å². The molecule has 0 bridgehead atoms. The van der Waals surface area contributed by atoms with Crippen molar-refractivity contribution < 1.29 is 9.53 Å². The summed E-state index contributed by atoms with van der Waals surface area (Å²) in [7, 11) is 1.36. The number of aryl methyl sites for hydroxylation is 2. The minimum atomic E-state index is -0.385. The van der Waals surface area contributed by atoms with Gasteiger partial charge in [0.05, 0.1) is 13.7 Å². The Hall–Kier alpha value is -1.40. The average Bonchev–Trinajstić information content (AvgIpc) is 2.92. The maximum absolute atomic E-state index is 11.4. The number of rotatable bonds is 4. The Morgan fingerprint density at radius 1 is 1.50 bits per heavy atom. The molecule has 0 aromatic carbocycles. The molecule has 0 fully saturated rings. The van der Waals surface area contributed by atoms with Gasteiger partial charge in [0, 0.05) is 9.75 Å². The van der Waals surface area contributed by atoms with Crippen molar-refractivity contribution >= 4 is 33.8 Å². The van der Waals surface area contributed by atoms with Crippen molar-refractivity contribution in [2.45, 2.75) is 20.4 Å². The van der Waals surface area contributed by atoms with Crippen molar-refractivity contribution in [1.29, 1.82) is 0 Å². The largest absolute Gasteiger partial charge is 0.464 e. The first-order chi connectivity index (χ1) is 8.61. The van der Waals surface area contributed by atoms with Crippen LogP contribution in [0.3, 0.4) is 0 Å². The average molecular weight is 282 g/mol. The molecule has 96 valence electrons. The third kappa shape index (κ3) is 2.70. The van der Waals surface area contributed by atoms with Crippen LogP contribution in [-0.2, 0) is 11.3 Å². The number of nitrogens with zero attached hydrogens (tertiary/aromatic N) is 1. The highest BCUT2D eigenvalue weighted by atomic mass is 32.1. The zero-order valence-corrected chi connectivity index (χ0v) is 12.1. The molecule has 2 heterocycles. The quantitative estimate of drug-likeness (QED) is 0.875. The number of anilines is 1. The van der Waals surface area contributed by atoms with Crippen LogP contribution in [0.25, 0.3) is 0 Å². The van der Waals surface area contributed by atoms with E-state index in [0.29, 0.717) is 5.69 Å². The van der Waals surface area contributed by atoms with Gasteiger partial charge in [-0.2, -0.15) is 0 Å². The van der Waals surface area contributed by atoms with E-state index in [4.69, 9.17) is 0 Å². The second-order valence-corrected chi connectivity index (χ2v) is 6.00. The summed E-state index contributed by atoms with van der Waals surface area (Å²) in [5.41, 5.74) is 1.67.